The maximum Gasteiger partial charge on any atom is 0.230 e. The van der Waals surface area contributed by atoms with Crippen LogP contribution in [0, 0.1) is 5.92 Å². The number of benzene rings is 1. The normalized spacial score (nSPS) is 20.2. The highest BCUT2D eigenvalue weighted by molar-refractivity contribution is 5.98. The second-order valence-electron chi connectivity index (χ2n) is 4.52. The van der Waals surface area contributed by atoms with Gasteiger partial charge in [0.25, 0.3) is 0 Å². The minimum absolute atomic E-state index is 0.0554. The molecular formula is C14H17NO2. The lowest BCUT2D eigenvalue weighted by atomic mass is 9.91. The van der Waals surface area contributed by atoms with Crippen molar-refractivity contribution in [2.75, 3.05) is 0 Å². The molecule has 1 aromatic carbocycles. The Morgan fingerprint density at radius 2 is 1.82 bits per heavy atom. The van der Waals surface area contributed by atoms with Gasteiger partial charge in [-0.05, 0) is 30.4 Å². The van der Waals surface area contributed by atoms with Crippen LogP contribution in [0.5, 0.6) is 0 Å². The van der Waals surface area contributed by atoms with Gasteiger partial charge in [-0.3, -0.25) is 14.9 Å². The number of hydrogen-bond acceptors (Lipinski definition) is 2. The van der Waals surface area contributed by atoms with E-state index in [4.69, 9.17) is 0 Å². The maximum absolute atomic E-state index is 11.6. The first kappa shape index (κ1) is 11.8. The van der Waals surface area contributed by atoms with E-state index in [9.17, 15) is 9.59 Å². The summed E-state index contributed by atoms with van der Waals surface area (Å²) < 4.78 is 0. The number of piperidine rings is 1. The number of nitrogens with one attached hydrogen (secondary N) is 1. The van der Waals surface area contributed by atoms with Gasteiger partial charge in [-0.25, -0.2) is 0 Å². The first-order chi connectivity index (χ1) is 8.19. The second kappa shape index (κ2) is 5.13. The van der Waals surface area contributed by atoms with Crippen LogP contribution in [-0.2, 0) is 22.4 Å². The summed E-state index contributed by atoms with van der Waals surface area (Å²) in [5.41, 5.74) is 2.47. The molecule has 0 aromatic heterocycles. The second-order valence-corrected chi connectivity index (χ2v) is 4.52. The molecule has 3 nitrogen and oxygen atoms in total. The predicted octanol–water partition coefficient (Wildman–Crippen LogP) is 1.84. The summed E-state index contributed by atoms with van der Waals surface area (Å²) in [5.74, 6) is -0.325. The Hall–Kier alpha value is -1.64. The van der Waals surface area contributed by atoms with Gasteiger partial charge in [-0.1, -0.05) is 31.2 Å². The van der Waals surface area contributed by atoms with Crippen LogP contribution in [0.4, 0.5) is 0 Å². The van der Waals surface area contributed by atoms with Crippen LogP contribution in [-0.4, -0.2) is 11.8 Å². The van der Waals surface area contributed by atoms with Gasteiger partial charge in [-0.15, -0.1) is 0 Å². The Bertz CT molecular complexity index is 422. The average Bonchev–Trinajstić information content (AvgIpc) is 2.34. The van der Waals surface area contributed by atoms with Crippen LogP contribution < -0.4 is 5.32 Å². The van der Waals surface area contributed by atoms with E-state index < -0.39 is 0 Å². The van der Waals surface area contributed by atoms with Crippen LogP contribution in [0.2, 0.25) is 0 Å². The van der Waals surface area contributed by atoms with E-state index in [-0.39, 0.29) is 17.7 Å². The van der Waals surface area contributed by atoms with E-state index in [2.05, 4.69) is 36.5 Å². The van der Waals surface area contributed by atoms with Gasteiger partial charge in [-0.2, -0.15) is 0 Å². The summed E-state index contributed by atoms with van der Waals surface area (Å²) in [6, 6.07) is 8.34. The molecule has 0 saturated carbocycles. The molecule has 0 bridgehead atoms. The van der Waals surface area contributed by atoms with Crippen molar-refractivity contribution in [2.45, 2.75) is 32.6 Å². The van der Waals surface area contributed by atoms with E-state index in [0.29, 0.717) is 12.8 Å². The Balaban J connectivity index is 2.00. The van der Waals surface area contributed by atoms with Crippen molar-refractivity contribution in [1.82, 2.24) is 5.32 Å². The van der Waals surface area contributed by atoms with Crippen LogP contribution in [0.1, 0.15) is 30.9 Å². The highest BCUT2D eigenvalue weighted by Crippen LogP contribution is 2.18. The lowest BCUT2D eigenvalue weighted by Gasteiger charge is -2.20. The highest BCUT2D eigenvalue weighted by atomic mass is 16.2. The standard InChI is InChI=1S/C14H17NO2/c1-2-10-3-5-11(6-4-10)9-12-7-8-13(16)15-14(12)17/h3-6,12H,2,7-9H2,1H3,(H,15,16,17). The summed E-state index contributed by atoms with van der Waals surface area (Å²) in [4.78, 5) is 22.6. The fourth-order valence-corrected chi connectivity index (χ4v) is 2.13. The zero-order valence-corrected chi connectivity index (χ0v) is 10.0. The molecule has 3 heteroatoms. The van der Waals surface area contributed by atoms with E-state index in [1.165, 1.54) is 5.56 Å². The number of amides is 2. The van der Waals surface area contributed by atoms with Crippen molar-refractivity contribution in [3.8, 4) is 0 Å². The fourth-order valence-electron chi connectivity index (χ4n) is 2.13. The Labute approximate surface area is 101 Å². The third kappa shape index (κ3) is 2.93. The van der Waals surface area contributed by atoms with Crippen LogP contribution in [0.3, 0.4) is 0 Å². The maximum atomic E-state index is 11.6. The molecular weight excluding hydrogens is 214 g/mol. The predicted molar refractivity (Wildman–Crippen MR) is 65.4 cm³/mol. The molecule has 1 aromatic rings. The summed E-state index contributed by atoms with van der Waals surface area (Å²) in [5, 5.41) is 2.39. The van der Waals surface area contributed by atoms with Gasteiger partial charge in [0.05, 0.1) is 0 Å². The molecule has 1 unspecified atom stereocenters. The number of carbonyl (C=O) groups excluding carboxylic acids is 2. The van der Waals surface area contributed by atoms with Gasteiger partial charge in [0.15, 0.2) is 0 Å². The molecule has 1 aliphatic heterocycles. The molecule has 0 spiro atoms. The zero-order chi connectivity index (χ0) is 12.3. The van der Waals surface area contributed by atoms with Crippen molar-refractivity contribution in [2.24, 2.45) is 5.92 Å². The van der Waals surface area contributed by atoms with Crippen molar-refractivity contribution in [3.05, 3.63) is 35.4 Å². The number of aryl methyl sites for hydroxylation is 1. The van der Waals surface area contributed by atoms with Crippen molar-refractivity contribution < 1.29 is 9.59 Å². The van der Waals surface area contributed by atoms with E-state index in [1.807, 2.05) is 0 Å². The van der Waals surface area contributed by atoms with Crippen molar-refractivity contribution in [1.29, 1.82) is 0 Å². The van der Waals surface area contributed by atoms with Gasteiger partial charge in [0.2, 0.25) is 11.8 Å². The number of hydrogen-bond donors (Lipinski definition) is 1. The summed E-state index contributed by atoms with van der Waals surface area (Å²) in [7, 11) is 0. The van der Waals surface area contributed by atoms with Gasteiger partial charge < -0.3 is 0 Å². The SMILES string of the molecule is CCc1ccc(CC2CCC(=O)NC2=O)cc1. The van der Waals surface area contributed by atoms with E-state index in [1.54, 1.807) is 0 Å². The molecule has 1 heterocycles. The fraction of sp³-hybridized carbons (Fsp3) is 0.429. The quantitative estimate of drug-likeness (QED) is 0.807. The Morgan fingerprint density at radius 1 is 1.18 bits per heavy atom. The topological polar surface area (TPSA) is 46.2 Å². The minimum Gasteiger partial charge on any atom is -0.296 e. The zero-order valence-electron chi connectivity index (χ0n) is 10.0. The molecule has 2 rings (SSSR count). The first-order valence-corrected chi connectivity index (χ1v) is 6.10. The van der Waals surface area contributed by atoms with Crippen molar-refractivity contribution >= 4 is 11.8 Å². The van der Waals surface area contributed by atoms with Gasteiger partial charge in [0, 0.05) is 12.3 Å². The Morgan fingerprint density at radius 3 is 2.41 bits per heavy atom. The first-order valence-electron chi connectivity index (χ1n) is 6.10. The largest absolute Gasteiger partial charge is 0.296 e. The molecule has 1 aliphatic rings. The summed E-state index contributed by atoms with van der Waals surface area (Å²) in [6.07, 6.45) is 2.88. The van der Waals surface area contributed by atoms with Crippen LogP contribution in [0.25, 0.3) is 0 Å². The van der Waals surface area contributed by atoms with Gasteiger partial charge >= 0.3 is 0 Å². The molecule has 90 valence electrons. The van der Waals surface area contributed by atoms with Gasteiger partial charge in [0.1, 0.15) is 0 Å². The molecule has 2 amide bonds. The third-order valence-electron chi connectivity index (χ3n) is 3.27. The summed E-state index contributed by atoms with van der Waals surface area (Å²) in [6.45, 7) is 2.12. The smallest absolute Gasteiger partial charge is 0.230 e. The molecule has 0 aliphatic carbocycles. The summed E-state index contributed by atoms with van der Waals surface area (Å²) >= 11 is 0. The number of imide groups is 1. The molecule has 0 radical (unpaired) electrons. The van der Waals surface area contributed by atoms with Crippen LogP contribution in [0.15, 0.2) is 24.3 Å². The lowest BCUT2D eigenvalue weighted by molar-refractivity contribution is -0.136. The molecule has 1 saturated heterocycles. The minimum atomic E-state index is -0.146. The number of rotatable bonds is 3. The molecule has 1 N–H and O–H groups in total. The monoisotopic (exact) mass is 231 g/mol. The van der Waals surface area contributed by atoms with E-state index >= 15 is 0 Å². The average molecular weight is 231 g/mol. The lowest BCUT2D eigenvalue weighted by Crippen LogP contribution is -2.41. The molecule has 1 atom stereocenters. The highest BCUT2D eigenvalue weighted by Gasteiger charge is 2.26. The molecule has 17 heavy (non-hydrogen) atoms. The molecule has 1 fully saturated rings. The number of carbonyl (C=O) groups is 2. The van der Waals surface area contributed by atoms with E-state index in [0.717, 1.165) is 18.4 Å². The van der Waals surface area contributed by atoms with Crippen LogP contribution >= 0.6 is 0 Å². The Kier molecular flexibility index (Phi) is 3.57. The third-order valence-corrected chi connectivity index (χ3v) is 3.27. The van der Waals surface area contributed by atoms with Crippen molar-refractivity contribution in [3.63, 3.8) is 0 Å².